The molecule has 8 nitrogen and oxygen atoms in total. The van der Waals surface area contributed by atoms with E-state index in [1.165, 1.54) is 11.8 Å². The highest BCUT2D eigenvalue weighted by Gasteiger charge is 2.38. The maximum Gasteiger partial charge on any atom is 0.240 e. The maximum atomic E-state index is 13.9. The SMILES string of the molecule is COc1ccccc1C1SCC(=O)N(CC(=O)NCC2CCCO2)c2c1c(-c1ccccc1)nn2-c1ccc(C)cc1. The van der Waals surface area contributed by atoms with Gasteiger partial charge in [0.05, 0.1) is 35.6 Å². The molecule has 2 aliphatic heterocycles. The Hall–Kier alpha value is -4.08. The zero-order chi connectivity index (χ0) is 29.1. The Balaban J connectivity index is 1.53. The van der Waals surface area contributed by atoms with Crippen molar-refractivity contribution in [1.82, 2.24) is 15.1 Å². The summed E-state index contributed by atoms with van der Waals surface area (Å²) < 4.78 is 13.3. The molecular formula is C33H34N4O4S. The highest BCUT2D eigenvalue weighted by atomic mass is 32.2. The molecule has 3 aromatic carbocycles. The number of carbonyl (C=O) groups is 2. The smallest absolute Gasteiger partial charge is 0.240 e. The van der Waals surface area contributed by atoms with Crippen LogP contribution in [0.1, 0.15) is 34.8 Å². The van der Waals surface area contributed by atoms with Crippen LogP contribution in [-0.2, 0) is 14.3 Å². The molecule has 0 saturated carbocycles. The largest absolute Gasteiger partial charge is 0.496 e. The van der Waals surface area contributed by atoms with Crippen molar-refractivity contribution in [2.45, 2.75) is 31.1 Å². The van der Waals surface area contributed by atoms with Crippen LogP contribution in [0.5, 0.6) is 5.75 Å². The third-order valence-corrected chi connectivity index (χ3v) is 8.93. The van der Waals surface area contributed by atoms with Crippen LogP contribution in [-0.4, -0.2) is 60.3 Å². The van der Waals surface area contributed by atoms with Crippen LogP contribution in [0.25, 0.3) is 16.9 Å². The van der Waals surface area contributed by atoms with Gasteiger partial charge in [-0.2, -0.15) is 5.10 Å². The van der Waals surface area contributed by atoms with Crippen molar-refractivity contribution in [1.29, 1.82) is 0 Å². The number of nitrogens with zero attached hydrogens (tertiary/aromatic N) is 3. The second-order valence-electron chi connectivity index (χ2n) is 10.6. The number of anilines is 1. The average molecular weight is 583 g/mol. The Kier molecular flexibility index (Phi) is 8.30. The monoisotopic (exact) mass is 582 g/mol. The van der Waals surface area contributed by atoms with Gasteiger partial charge in [-0.3, -0.25) is 14.5 Å². The number of nitrogens with one attached hydrogen (secondary N) is 1. The molecule has 1 saturated heterocycles. The van der Waals surface area contributed by atoms with Gasteiger partial charge >= 0.3 is 0 Å². The summed E-state index contributed by atoms with van der Waals surface area (Å²) in [6.07, 6.45) is 1.93. The molecule has 2 atom stereocenters. The zero-order valence-electron chi connectivity index (χ0n) is 23.8. The topological polar surface area (TPSA) is 85.7 Å². The van der Waals surface area contributed by atoms with Gasteiger partial charge in [-0.25, -0.2) is 4.68 Å². The quantitative estimate of drug-likeness (QED) is 0.303. The van der Waals surface area contributed by atoms with Crippen molar-refractivity contribution >= 4 is 29.4 Å². The number of ether oxygens (including phenoxy) is 2. The number of aromatic nitrogens is 2. The van der Waals surface area contributed by atoms with E-state index in [0.717, 1.165) is 52.2 Å². The summed E-state index contributed by atoms with van der Waals surface area (Å²) in [5.41, 5.74) is 5.43. The maximum absolute atomic E-state index is 13.9. The molecule has 216 valence electrons. The van der Waals surface area contributed by atoms with Gasteiger partial charge in [-0.15, -0.1) is 11.8 Å². The van der Waals surface area contributed by atoms with E-state index in [9.17, 15) is 9.59 Å². The van der Waals surface area contributed by atoms with Crippen molar-refractivity contribution in [3.63, 3.8) is 0 Å². The summed E-state index contributed by atoms with van der Waals surface area (Å²) >= 11 is 1.53. The van der Waals surface area contributed by atoms with Crippen molar-refractivity contribution in [2.24, 2.45) is 0 Å². The molecular weight excluding hydrogens is 548 g/mol. The van der Waals surface area contributed by atoms with Gasteiger partial charge in [0.2, 0.25) is 11.8 Å². The number of para-hydroxylation sites is 1. The van der Waals surface area contributed by atoms with Crippen LogP contribution in [0.15, 0.2) is 78.9 Å². The number of hydrogen-bond acceptors (Lipinski definition) is 6. The Morgan fingerprint density at radius 3 is 2.57 bits per heavy atom. The van der Waals surface area contributed by atoms with Gasteiger partial charge in [-0.05, 0) is 38.0 Å². The van der Waals surface area contributed by atoms with E-state index in [0.29, 0.717) is 19.0 Å². The van der Waals surface area contributed by atoms with Gasteiger partial charge in [0.25, 0.3) is 0 Å². The van der Waals surface area contributed by atoms with Gasteiger partial charge in [0.1, 0.15) is 18.1 Å². The highest BCUT2D eigenvalue weighted by Crippen LogP contribution is 2.50. The van der Waals surface area contributed by atoms with Gasteiger partial charge in [0.15, 0.2) is 0 Å². The molecule has 9 heteroatoms. The standard InChI is InChI=1S/C33H34N4O4S/c1-22-14-16-24(17-15-22)37-33-30(31(35-37)23-9-4-3-5-10-23)32(26-12-6-7-13-27(26)40-2)42-21-29(39)36(33)20-28(38)34-19-25-11-8-18-41-25/h3-7,9-10,12-17,25,32H,8,11,18-21H2,1-2H3,(H,34,38). The number of amides is 2. The fourth-order valence-corrected chi connectivity index (χ4v) is 6.78. The summed E-state index contributed by atoms with van der Waals surface area (Å²) in [6, 6.07) is 25.9. The number of thioether (sulfide) groups is 1. The summed E-state index contributed by atoms with van der Waals surface area (Å²) in [6.45, 7) is 3.06. The molecule has 3 heterocycles. The zero-order valence-corrected chi connectivity index (χ0v) is 24.6. The molecule has 0 bridgehead atoms. The first-order valence-electron chi connectivity index (χ1n) is 14.2. The predicted octanol–water partition coefficient (Wildman–Crippen LogP) is 5.32. The molecule has 0 aliphatic carbocycles. The summed E-state index contributed by atoms with van der Waals surface area (Å²) in [5.74, 6) is 1.13. The lowest BCUT2D eigenvalue weighted by Gasteiger charge is -2.24. The lowest BCUT2D eigenvalue weighted by Crippen LogP contribution is -2.44. The van der Waals surface area contributed by atoms with Crippen LogP contribution in [0, 0.1) is 6.92 Å². The van der Waals surface area contributed by atoms with E-state index in [4.69, 9.17) is 14.6 Å². The van der Waals surface area contributed by atoms with Crippen molar-refractivity contribution in [3.8, 4) is 22.7 Å². The van der Waals surface area contributed by atoms with Crippen molar-refractivity contribution in [3.05, 3.63) is 95.6 Å². The van der Waals surface area contributed by atoms with Gasteiger partial charge in [-0.1, -0.05) is 66.2 Å². The summed E-state index contributed by atoms with van der Waals surface area (Å²) in [4.78, 5) is 28.9. The van der Waals surface area contributed by atoms with E-state index >= 15 is 0 Å². The summed E-state index contributed by atoms with van der Waals surface area (Å²) in [5, 5.41) is 7.88. The first kappa shape index (κ1) is 28.1. The molecule has 42 heavy (non-hydrogen) atoms. The molecule has 0 radical (unpaired) electrons. The number of fused-ring (bicyclic) bond motifs is 1. The fraction of sp³-hybridized carbons (Fsp3) is 0.303. The number of aryl methyl sites for hydroxylation is 1. The first-order chi connectivity index (χ1) is 20.5. The molecule has 1 aromatic heterocycles. The second kappa shape index (κ2) is 12.4. The van der Waals surface area contributed by atoms with E-state index in [1.807, 2.05) is 90.5 Å². The van der Waals surface area contributed by atoms with E-state index in [-0.39, 0.29) is 35.5 Å². The van der Waals surface area contributed by atoms with Crippen molar-refractivity contribution < 1.29 is 19.1 Å². The molecule has 2 amide bonds. The van der Waals surface area contributed by atoms with E-state index < -0.39 is 0 Å². The van der Waals surface area contributed by atoms with Crippen LogP contribution >= 0.6 is 11.8 Å². The fourth-order valence-electron chi connectivity index (χ4n) is 5.56. The van der Waals surface area contributed by atoms with Crippen LogP contribution in [0.4, 0.5) is 5.82 Å². The molecule has 1 fully saturated rings. The number of methoxy groups -OCH3 is 1. The first-order valence-corrected chi connectivity index (χ1v) is 15.3. The lowest BCUT2D eigenvalue weighted by molar-refractivity contribution is -0.123. The Labute approximate surface area is 250 Å². The minimum Gasteiger partial charge on any atom is -0.496 e. The normalized spacial score (nSPS) is 18.4. The van der Waals surface area contributed by atoms with E-state index in [1.54, 1.807) is 12.0 Å². The molecule has 2 aliphatic rings. The highest BCUT2D eigenvalue weighted by molar-refractivity contribution is 8.00. The predicted molar refractivity (Wildman–Crippen MR) is 165 cm³/mol. The number of hydrogen-bond donors (Lipinski definition) is 1. The third-order valence-electron chi connectivity index (χ3n) is 7.69. The van der Waals surface area contributed by atoms with Gasteiger partial charge in [0, 0.05) is 29.8 Å². The third kappa shape index (κ3) is 5.67. The average Bonchev–Trinajstić information content (AvgIpc) is 3.66. The molecule has 1 N–H and O–H groups in total. The molecule has 6 rings (SSSR count). The minimum absolute atomic E-state index is 0.0117. The second-order valence-corrected chi connectivity index (χ2v) is 11.6. The Morgan fingerprint density at radius 2 is 1.83 bits per heavy atom. The Morgan fingerprint density at radius 1 is 1.07 bits per heavy atom. The van der Waals surface area contributed by atoms with Crippen LogP contribution < -0.4 is 15.0 Å². The number of rotatable bonds is 8. The van der Waals surface area contributed by atoms with Gasteiger partial charge < -0.3 is 14.8 Å². The van der Waals surface area contributed by atoms with E-state index in [2.05, 4.69) is 5.32 Å². The van der Waals surface area contributed by atoms with Crippen LogP contribution in [0.3, 0.4) is 0 Å². The van der Waals surface area contributed by atoms with Crippen molar-refractivity contribution in [2.75, 3.05) is 37.5 Å². The number of carbonyl (C=O) groups excluding carboxylic acids is 2. The Bertz CT molecular complexity index is 1560. The minimum atomic E-state index is -0.269. The lowest BCUT2D eigenvalue weighted by atomic mass is 9.99. The molecule has 2 unspecified atom stereocenters. The number of benzene rings is 3. The molecule has 4 aromatic rings. The molecule has 0 spiro atoms. The van der Waals surface area contributed by atoms with Crippen LogP contribution in [0.2, 0.25) is 0 Å². The summed E-state index contributed by atoms with van der Waals surface area (Å²) in [7, 11) is 1.66.